The maximum absolute atomic E-state index is 13.5. The van der Waals surface area contributed by atoms with Gasteiger partial charge in [0, 0.05) is 17.0 Å². The second kappa shape index (κ2) is 14.1. The summed E-state index contributed by atoms with van der Waals surface area (Å²) in [6, 6.07) is 25.7. The molecule has 10 rings (SSSR count). The summed E-state index contributed by atoms with van der Waals surface area (Å²) in [7, 11) is 3.25. The number of nitrogens with zero attached hydrogens (tertiary/aromatic N) is 1. The van der Waals surface area contributed by atoms with Crippen molar-refractivity contribution in [3.05, 3.63) is 128 Å². The van der Waals surface area contributed by atoms with Gasteiger partial charge < -0.3 is 29.4 Å². The van der Waals surface area contributed by atoms with Gasteiger partial charge in [0.05, 0.1) is 27.4 Å². The van der Waals surface area contributed by atoms with E-state index in [0.717, 1.165) is 36.0 Å². The van der Waals surface area contributed by atoms with E-state index in [4.69, 9.17) is 18.9 Å². The number of aromatic amines is 1. The van der Waals surface area contributed by atoms with Gasteiger partial charge in [0.15, 0.2) is 6.23 Å². The fraction of sp³-hybridized carbons (Fsp3) is 0.444. The Hall–Kier alpha value is -5.15. The minimum absolute atomic E-state index is 0.0404. The normalized spacial score (nSPS) is 29.8. The number of carbonyl (C=O) groups excluding carboxylic acids is 1. The number of ether oxygens (including phenoxy) is 4. The van der Waals surface area contributed by atoms with E-state index in [1.54, 1.807) is 14.2 Å². The number of carbonyl (C=O) groups is 1. The quantitative estimate of drug-likeness (QED) is 0.157. The second-order valence-electron chi connectivity index (χ2n) is 16.6. The van der Waals surface area contributed by atoms with E-state index >= 15 is 0 Å². The summed E-state index contributed by atoms with van der Waals surface area (Å²) in [4.78, 5) is 42.3. The summed E-state index contributed by atoms with van der Waals surface area (Å²) in [5.74, 6) is 9.21. The van der Waals surface area contributed by atoms with Crippen LogP contribution in [0.15, 0.2) is 94.6 Å². The van der Waals surface area contributed by atoms with Gasteiger partial charge in [-0.05, 0) is 104 Å². The molecule has 11 nitrogen and oxygen atoms in total. The van der Waals surface area contributed by atoms with Crippen molar-refractivity contribution in [2.24, 2.45) is 23.2 Å². The Morgan fingerprint density at radius 3 is 2.04 bits per heavy atom. The first-order chi connectivity index (χ1) is 27.1. The number of nitrogens with one attached hydrogen (secondary N) is 2. The summed E-state index contributed by atoms with van der Waals surface area (Å²) in [5, 5.41) is 15.1. The van der Waals surface area contributed by atoms with Crippen molar-refractivity contribution >= 4 is 5.91 Å². The van der Waals surface area contributed by atoms with Crippen LogP contribution in [0, 0.1) is 35.0 Å². The lowest BCUT2D eigenvalue weighted by Crippen LogP contribution is -2.53. The second-order valence-corrected chi connectivity index (χ2v) is 16.6. The van der Waals surface area contributed by atoms with Gasteiger partial charge in [-0.1, -0.05) is 66.4 Å². The smallest absolute Gasteiger partial charge is 0.330 e. The molecule has 0 spiro atoms. The third kappa shape index (κ3) is 6.06. The average molecular weight is 758 g/mol. The van der Waals surface area contributed by atoms with Gasteiger partial charge in [-0.2, -0.15) is 0 Å². The molecule has 290 valence electrons. The van der Waals surface area contributed by atoms with Crippen LogP contribution in [0.4, 0.5) is 0 Å². The highest BCUT2D eigenvalue weighted by atomic mass is 16.6. The van der Waals surface area contributed by atoms with Gasteiger partial charge in [0.25, 0.3) is 5.56 Å². The fourth-order valence-corrected chi connectivity index (χ4v) is 11.1. The highest BCUT2D eigenvalue weighted by molar-refractivity contribution is 5.83. The molecule has 3 heterocycles. The Morgan fingerprint density at radius 1 is 0.893 bits per heavy atom. The van der Waals surface area contributed by atoms with Crippen molar-refractivity contribution in [3.8, 4) is 23.3 Å². The van der Waals surface area contributed by atoms with Crippen molar-refractivity contribution in [2.75, 3.05) is 27.4 Å². The maximum atomic E-state index is 13.5. The molecule has 2 saturated heterocycles. The predicted octanol–water partition coefficient (Wildman–Crippen LogP) is 4.69. The molecule has 4 aliphatic carbocycles. The first-order valence-corrected chi connectivity index (χ1v) is 19.6. The molecule has 6 bridgehead atoms. The van der Waals surface area contributed by atoms with Crippen LogP contribution in [0.25, 0.3) is 0 Å². The molecule has 6 aliphatic rings. The molecule has 3 N–H and O–H groups in total. The van der Waals surface area contributed by atoms with E-state index in [0.29, 0.717) is 29.3 Å². The highest BCUT2D eigenvalue weighted by Gasteiger charge is 2.64. The largest absolute Gasteiger partial charge is 0.497 e. The van der Waals surface area contributed by atoms with E-state index in [1.807, 2.05) is 66.7 Å². The molecule has 56 heavy (non-hydrogen) atoms. The Labute approximate surface area is 325 Å². The standard InChI is InChI=1S/C45H47N3O8/c1-53-35-14-10-33(11-15-35)45(32-8-4-3-5-9-32,34-12-16-36(54-2)17-13-34)26-44-27-55-37(38(44)49)40(56-44)48-25-31(39(50)47-42(48)52)7-6-18-46-41(51)43-22-28-19-29(23-43)21-30(20-28)24-43/h3-5,8-17,25,28-30,37-38,40,49H,18-24,26-27H2,1-2H3,(H,46,51)(H,47,50,52)/t28?,29?,30?,37?,38-,40-,43?,44+/m1/s1. The molecule has 6 fully saturated rings. The zero-order valence-corrected chi connectivity index (χ0v) is 31.7. The Kier molecular flexibility index (Phi) is 9.19. The van der Waals surface area contributed by atoms with E-state index in [-0.39, 0.29) is 36.5 Å². The van der Waals surface area contributed by atoms with Crippen molar-refractivity contribution < 1.29 is 28.8 Å². The summed E-state index contributed by atoms with van der Waals surface area (Å²) in [6.45, 7) is 0.162. The molecule has 1 amide bonds. The Balaban J connectivity index is 1.02. The van der Waals surface area contributed by atoms with Gasteiger partial charge in [0.2, 0.25) is 5.91 Å². The van der Waals surface area contributed by atoms with Gasteiger partial charge in [0.1, 0.15) is 34.9 Å². The lowest BCUT2D eigenvalue weighted by molar-refractivity contribution is -0.180. The van der Waals surface area contributed by atoms with Gasteiger partial charge in [-0.3, -0.25) is 19.1 Å². The third-order valence-corrected chi connectivity index (χ3v) is 13.3. The molecule has 2 aliphatic heterocycles. The molecule has 0 radical (unpaired) electrons. The lowest BCUT2D eigenvalue weighted by atomic mass is 9.49. The summed E-state index contributed by atoms with van der Waals surface area (Å²) in [5.41, 5.74) is -0.932. The number of H-pyrrole nitrogens is 1. The SMILES string of the molecule is COc1ccc(C(C[C@@]23COC([C@H](n4cc(C#CCNC(=O)C56CC7CC(CC(C7)C5)C6)c(=O)[nH]c4=O)O2)[C@H]3O)(c2ccccc2)c2ccc(OC)cc2)cc1. The van der Waals surface area contributed by atoms with Crippen LogP contribution in [0.1, 0.15) is 73.4 Å². The average Bonchev–Trinajstić information content (AvgIpc) is 3.66. The predicted molar refractivity (Wildman–Crippen MR) is 207 cm³/mol. The summed E-state index contributed by atoms with van der Waals surface area (Å²) in [6.07, 6.45) is 5.12. The molecule has 11 heteroatoms. The first kappa shape index (κ1) is 36.5. The zero-order chi connectivity index (χ0) is 38.7. The zero-order valence-electron chi connectivity index (χ0n) is 31.7. The highest BCUT2D eigenvalue weighted by Crippen LogP contribution is 2.60. The van der Waals surface area contributed by atoms with E-state index < -0.39 is 40.7 Å². The monoisotopic (exact) mass is 757 g/mol. The molecule has 1 aromatic heterocycles. The van der Waals surface area contributed by atoms with Crippen LogP contribution in [0.3, 0.4) is 0 Å². The molecular weight excluding hydrogens is 711 g/mol. The minimum Gasteiger partial charge on any atom is -0.497 e. The first-order valence-electron chi connectivity index (χ1n) is 19.6. The number of benzene rings is 3. The van der Waals surface area contributed by atoms with Crippen molar-refractivity contribution in [2.45, 2.75) is 74.4 Å². The summed E-state index contributed by atoms with van der Waals surface area (Å²) >= 11 is 0. The van der Waals surface area contributed by atoms with Crippen molar-refractivity contribution in [1.82, 2.24) is 14.9 Å². The topological polar surface area (TPSA) is 141 Å². The maximum Gasteiger partial charge on any atom is 0.330 e. The Morgan fingerprint density at radius 2 is 1.46 bits per heavy atom. The minimum atomic E-state index is -1.27. The molecule has 1 unspecified atom stereocenters. The molecule has 4 atom stereocenters. The number of hydrogen-bond donors (Lipinski definition) is 3. The van der Waals surface area contributed by atoms with Crippen LogP contribution >= 0.6 is 0 Å². The number of rotatable bonds is 10. The van der Waals surface area contributed by atoms with Crippen molar-refractivity contribution in [1.29, 1.82) is 0 Å². The van der Waals surface area contributed by atoms with Crippen LogP contribution < -0.4 is 26.0 Å². The Bertz CT molecular complexity index is 2210. The lowest BCUT2D eigenvalue weighted by Gasteiger charge is -2.55. The van der Waals surface area contributed by atoms with Crippen LogP contribution in [0.2, 0.25) is 0 Å². The number of amides is 1. The number of aromatic nitrogens is 2. The van der Waals surface area contributed by atoms with Gasteiger partial charge in [-0.25, -0.2) is 4.79 Å². The molecule has 3 aromatic carbocycles. The van der Waals surface area contributed by atoms with Crippen molar-refractivity contribution in [3.63, 3.8) is 0 Å². The van der Waals surface area contributed by atoms with Gasteiger partial charge >= 0.3 is 5.69 Å². The van der Waals surface area contributed by atoms with Gasteiger partial charge in [-0.15, -0.1) is 0 Å². The third-order valence-electron chi connectivity index (χ3n) is 13.3. The van der Waals surface area contributed by atoms with E-state index in [1.165, 1.54) is 30.0 Å². The van der Waals surface area contributed by atoms with E-state index in [9.17, 15) is 19.5 Å². The number of hydrogen-bond acceptors (Lipinski definition) is 8. The number of aliphatic hydroxyl groups is 1. The summed E-state index contributed by atoms with van der Waals surface area (Å²) < 4.78 is 25.4. The molecule has 4 saturated carbocycles. The van der Waals surface area contributed by atoms with Crippen LogP contribution in [-0.4, -0.2) is 65.7 Å². The number of aliphatic hydroxyl groups excluding tert-OH is 1. The number of fused-ring (bicyclic) bond motifs is 2. The molecular formula is C45H47N3O8. The van der Waals surface area contributed by atoms with Crippen LogP contribution in [0.5, 0.6) is 11.5 Å². The number of methoxy groups -OCH3 is 2. The fourth-order valence-electron chi connectivity index (χ4n) is 11.1. The van der Waals surface area contributed by atoms with E-state index in [2.05, 4.69) is 34.3 Å². The van der Waals surface area contributed by atoms with Crippen LogP contribution in [-0.2, 0) is 19.7 Å². The molecule has 4 aromatic rings.